The molecule has 1 aromatic rings. The van der Waals surface area contributed by atoms with Gasteiger partial charge in [-0.1, -0.05) is 24.5 Å². The second-order valence-corrected chi connectivity index (χ2v) is 8.43. The predicted octanol–water partition coefficient (Wildman–Crippen LogP) is 0.814. The fourth-order valence-electron chi connectivity index (χ4n) is 6.33. The molecule has 2 aliphatic carbocycles. The first kappa shape index (κ1) is 15.4. The Kier molecular flexibility index (Phi) is 2.75. The van der Waals surface area contributed by atoms with Gasteiger partial charge in [-0.2, -0.15) is 0 Å². The summed E-state index contributed by atoms with van der Waals surface area (Å²) in [7, 11) is 2.17. The van der Waals surface area contributed by atoms with Crippen LogP contribution in [-0.2, 0) is 16.6 Å². The van der Waals surface area contributed by atoms with Gasteiger partial charge in [0.25, 0.3) is 0 Å². The van der Waals surface area contributed by atoms with E-state index in [9.17, 15) is 15.0 Å². The highest BCUT2D eigenvalue weighted by Gasteiger charge is 2.76. The van der Waals surface area contributed by atoms with Gasteiger partial charge < -0.3 is 19.4 Å². The molecule has 5 nitrogen and oxygen atoms in total. The minimum atomic E-state index is -1.02. The van der Waals surface area contributed by atoms with E-state index < -0.39 is 17.1 Å². The number of likely N-dealkylation sites (N-methyl/N-ethyl adjacent to an activating group) is 1. The fourth-order valence-corrected chi connectivity index (χ4v) is 6.33. The van der Waals surface area contributed by atoms with Gasteiger partial charge in [0.2, 0.25) is 0 Å². The first-order valence-corrected chi connectivity index (χ1v) is 9.08. The van der Waals surface area contributed by atoms with Crippen LogP contribution in [0.25, 0.3) is 0 Å². The average Bonchev–Trinajstić information content (AvgIpc) is 2.93. The normalized spacial score (nSPS) is 43.4. The van der Waals surface area contributed by atoms with Crippen molar-refractivity contribution in [2.24, 2.45) is 0 Å². The third-order valence-electron chi connectivity index (χ3n) is 7.43. The smallest absolute Gasteiger partial charge is 0.174 e. The van der Waals surface area contributed by atoms with E-state index in [2.05, 4.69) is 13.6 Å². The molecule has 1 saturated carbocycles. The van der Waals surface area contributed by atoms with E-state index in [1.807, 2.05) is 12.1 Å². The van der Waals surface area contributed by atoms with Crippen LogP contribution in [-0.4, -0.2) is 53.3 Å². The van der Waals surface area contributed by atoms with Gasteiger partial charge in [0.05, 0.1) is 25.6 Å². The molecule has 2 bridgehead atoms. The van der Waals surface area contributed by atoms with E-state index >= 15 is 0 Å². The highest BCUT2D eigenvalue weighted by Crippen LogP contribution is 2.65. The molecular formula is C20H23NO4. The Labute approximate surface area is 147 Å². The summed E-state index contributed by atoms with van der Waals surface area (Å²) in [5.41, 5.74) is 0.124. The lowest BCUT2D eigenvalue weighted by Gasteiger charge is -2.64. The van der Waals surface area contributed by atoms with Crippen molar-refractivity contribution < 1.29 is 24.2 Å². The summed E-state index contributed by atoms with van der Waals surface area (Å²) in [4.78, 5) is 12.7. The molecule has 1 N–H and O–H groups in total. The Bertz CT molecular complexity index is 820. The summed E-state index contributed by atoms with van der Waals surface area (Å²) in [5, 5.41) is 24.4. The zero-order valence-electron chi connectivity index (χ0n) is 14.5. The molecule has 1 aromatic carbocycles. The number of carbonyl (C=O) groups excluding carboxylic acids is 1. The molecule has 1 unspecified atom stereocenters. The monoisotopic (exact) mass is 341 g/mol. The lowest BCUT2D eigenvalue weighted by molar-refractivity contribution is -0.944. The standard InChI is InChI=1S/C20H23NO4/c1-3-9-21(2)10-8-19-16-12-4-5-13(22)17(16)25-18(19)14(23)6-7-20(19,24)15(21)11-12/h3-5,15,18,24H,1,6-11H2,2H3/t15-,18?,19+,20+,21+/m1/s1. The molecule has 0 aromatic heterocycles. The van der Waals surface area contributed by atoms with Crippen molar-refractivity contribution in [1.82, 2.24) is 0 Å². The molecule has 2 fully saturated rings. The van der Waals surface area contributed by atoms with Gasteiger partial charge >= 0.3 is 0 Å². The minimum absolute atomic E-state index is 0.0191. The van der Waals surface area contributed by atoms with Gasteiger partial charge in [0.15, 0.2) is 11.9 Å². The van der Waals surface area contributed by atoms with Crippen LogP contribution in [0.5, 0.6) is 11.5 Å². The number of hydrogen-bond acceptors (Lipinski definition) is 4. The van der Waals surface area contributed by atoms with E-state index in [1.165, 1.54) is 0 Å². The van der Waals surface area contributed by atoms with E-state index in [-0.39, 0.29) is 17.6 Å². The number of Topliss-reactive ketones (excluding diaryl/α,β-unsaturated/α-hetero) is 1. The number of hydrogen-bond donors (Lipinski definition) is 1. The first-order chi connectivity index (χ1) is 11.9. The van der Waals surface area contributed by atoms with Crippen molar-refractivity contribution in [3.8, 4) is 11.5 Å². The largest absolute Gasteiger partial charge is 0.870 e. The Morgan fingerprint density at radius 1 is 1.48 bits per heavy atom. The van der Waals surface area contributed by atoms with Crippen molar-refractivity contribution in [3.05, 3.63) is 35.9 Å². The van der Waals surface area contributed by atoms with Gasteiger partial charge in [-0.25, -0.2) is 0 Å². The summed E-state index contributed by atoms with van der Waals surface area (Å²) >= 11 is 0. The van der Waals surface area contributed by atoms with Crippen LogP contribution in [0, 0.1) is 0 Å². The maximum Gasteiger partial charge on any atom is 0.174 e. The van der Waals surface area contributed by atoms with E-state index in [1.54, 1.807) is 6.07 Å². The third kappa shape index (κ3) is 1.51. The second kappa shape index (κ2) is 4.46. The molecule has 132 valence electrons. The number of aliphatic hydroxyl groups is 1. The van der Waals surface area contributed by atoms with E-state index in [4.69, 9.17) is 4.74 Å². The number of ketones is 1. The van der Waals surface area contributed by atoms with E-state index in [0.717, 1.165) is 28.7 Å². The maximum atomic E-state index is 12.7. The number of rotatable bonds is 2. The molecule has 5 heteroatoms. The molecule has 25 heavy (non-hydrogen) atoms. The van der Waals surface area contributed by atoms with Gasteiger partial charge in [0.1, 0.15) is 17.4 Å². The quantitative estimate of drug-likeness (QED) is 0.639. The molecule has 2 aliphatic heterocycles. The van der Waals surface area contributed by atoms with Gasteiger partial charge in [-0.15, -0.1) is 0 Å². The minimum Gasteiger partial charge on any atom is -0.870 e. The second-order valence-electron chi connectivity index (χ2n) is 8.43. The molecular weight excluding hydrogens is 318 g/mol. The van der Waals surface area contributed by atoms with Crippen LogP contribution in [0.4, 0.5) is 0 Å². The zero-order valence-corrected chi connectivity index (χ0v) is 14.5. The lowest BCUT2D eigenvalue weighted by atomic mass is 9.48. The van der Waals surface area contributed by atoms with Crippen LogP contribution >= 0.6 is 0 Å². The first-order valence-electron chi connectivity index (χ1n) is 9.08. The maximum absolute atomic E-state index is 12.7. The summed E-state index contributed by atoms with van der Waals surface area (Å²) in [5.74, 6) is 0.159. The van der Waals surface area contributed by atoms with Crippen LogP contribution in [0.3, 0.4) is 0 Å². The Hall–Kier alpha value is -1.85. The zero-order chi connectivity index (χ0) is 17.6. The summed E-state index contributed by atoms with van der Waals surface area (Å²) < 4.78 is 6.68. The fraction of sp³-hybridized carbons (Fsp3) is 0.550. The van der Waals surface area contributed by atoms with Crippen LogP contribution < -0.4 is 9.84 Å². The molecule has 5 rings (SSSR count). The molecule has 0 amide bonds. The molecule has 1 saturated heterocycles. The van der Waals surface area contributed by atoms with Gasteiger partial charge in [-0.3, -0.25) is 4.79 Å². The highest BCUT2D eigenvalue weighted by molar-refractivity contribution is 5.89. The summed E-state index contributed by atoms with van der Waals surface area (Å²) in [6.07, 6.45) is 3.32. The van der Waals surface area contributed by atoms with Crippen molar-refractivity contribution >= 4 is 5.78 Å². The number of quaternary nitrogens is 1. The summed E-state index contributed by atoms with van der Waals surface area (Å²) in [6, 6.07) is 3.41. The SMILES string of the molecule is C=CC[N@@+]1(C)CC[C@]23c4c5ccc([O-])c4OC2C(=O)CC[C@]3(O)[C@H]1C5. The third-order valence-corrected chi connectivity index (χ3v) is 7.43. The van der Waals surface area contributed by atoms with Gasteiger partial charge in [-0.05, 0) is 18.1 Å². The molecule has 1 spiro atoms. The van der Waals surface area contributed by atoms with Crippen molar-refractivity contribution in [1.29, 1.82) is 0 Å². The summed E-state index contributed by atoms with van der Waals surface area (Å²) in [6.45, 7) is 5.53. The predicted molar refractivity (Wildman–Crippen MR) is 89.4 cm³/mol. The number of nitrogens with zero attached hydrogens (tertiary/aromatic N) is 1. The van der Waals surface area contributed by atoms with E-state index in [0.29, 0.717) is 31.4 Å². The molecule has 2 heterocycles. The number of benzene rings is 1. The Morgan fingerprint density at radius 3 is 3.04 bits per heavy atom. The average molecular weight is 341 g/mol. The van der Waals surface area contributed by atoms with Gasteiger partial charge in [0, 0.05) is 24.8 Å². The molecule has 4 aliphatic rings. The van der Waals surface area contributed by atoms with Crippen molar-refractivity contribution in [2.75, 3.05) is 20.1 Å². The number of piperidine rings is 1. The number of carbonyl (C=O) groups is 1. The Balaban J connectivity index is 1.82. The van der Waals surface area contributed by atoms with Crippen LogP contribution in [0.2, 0.25) is 0 Å². The molecule has 5 atom stereocenters. The van der Waals surface area contributed by atoms with Crippen LogP contribution in [0.1, 0.15) is 30.4 Å². The Morgan fingerprint density at radius 2 is 2.28 bits per heavy atom. The number of ether oxygens (including phenoxy) is 1. The lowest BCUT2D eigenvalue weighted by Crippen LogP contribution is -2.80. The van der Waals surface area contributed by atoms with Crippen LogP contribution in [0.15, 0.2) is 24.8 Å². The topological polar surface area (TPSA) is 69.6 Å². The highest BCUT2D eigenvalue weighted by atomic mass is 16.5. The van der Waals surface area contributed by atoms with Crippen molar-refractivity contribution in [2.45, 2.75) is 48.8 Å². The number of likely N-dealkylation sites (tertiary alicyclic amines) is 1. The van der Waals surface area contributed by atoms with Crippen molar-refractivity contribution in [3.63, 3.8) is 0 Å². The molecule has 0 radical (unpaired) electrons.